The van der Waals surface area contributed by atoms with Crippen LogP contribution in [0.2, 0.25) is 0 Å². The van der Waals surface area contributed by atoms with Crippen LogP contribution in [0.15, 0.2) is 42.5 Å². The number of hydrogen-bond acceptors (Lipinski definition) is 2. The largest absolute Gasteiger partial charge is 0.483 e. The summed E-state index contributed by atoms with van der Waals surface area (Å²) in [6.45, 7) is 4.05. The van der Waals surface area contributed by atoms with Gasteiger partial charge < -0.3 is 9.64 Å². The summed E-state index contributed by atoms with van der Waals surface area (Å²) in [4.78, 5) is 14.2. The molecule has 3 nitrogen and oxygen atoms in total. The van der Waals surface area contributed by atoms with Crippen molar-refractivity contribution in [2.45, 2.75) is 19.8 Å². The Labute approximate surface area is 125 Å². The van der Waals surface area contributed by atoms with E-state index >= 15 is 0 Å². The van der Waals surface area contributed by atoms with Gasteiger partial charge in [0.25, 0.3) is 5.91 Å². The summed E-state index contributed by atoms with van der Waals surface area (Å²) in [5.74, 6) is 1.47. The Kier molecular flexibility index (Phi) is 4.09. The third-order valence-electron chi connectivity index (χ3n) is 4.11. The molecular weight excluding hydrogens is 262 g/mol. The van der Waals surface area contributed by atoms with Crippen molar-refractivity contribution >= 4 is 16.7 Å². The molecule has 21 heavy (non-hydrogen) atoms. The number of benzene rings is 2. The molecule has 0 aromatic heterocycles. The number of likely N-dealkylation sites (tertiary alicyclic amines) is 1. The standard InChI is InChI=1S/C18H21NO2/c1-14-6-5-11-19(12-14)18(20)13-21-17-10-4-8-15-7-2-3-9-16(15)17/h2-4,7-10,14H,5-6,11-13H2,1H3. The van der Waals surface area contributed by atoms with Crippen LogP contribution in [0.5, 0.6) is 5.75 Å². The van der Waals surface area contributed by atoms with Crippen LogP contribution in [0.4, 0.5) is 0 Å². The average Bonchev–Trinajstić information content (AvgIpc) is 2.52. The summed E-state index contributed by atoms with van der Waals surface area (Å²) in [7, 11) is 0. The summed E-state index contributed by atoms with van der Waals surface area (Å²) >= 11 is 0. The number of amides is 1. The molecule has 3 rings (SSSR count). The minimum atomic E-state index is 0.0921. The van der Waals surface area contributed by atoms with E-state index in [2.05, 4.69) is 19.1 Å². The molecule has 0 N–H and O–H groups in total. The van der Waals surface area contributed by atoms with Crippen LogP contribution in [-0.4, -0.2) is 30.5 Å². The van der Waals surface area contributed by atoms with Crippen LogP contribution in [0.1, 0.15) is 19.8 Å². The molecule has 1 atom stereocenters. The summed E-state index contributed by atoms with van der Waals surface area (Å²) in [5, 5.41) is 2.19. The minimum absolute atomic E-state index is 0.0921. The van der Waals surface area contributed by atoms with Crippen molar-refractivity contribution in [2.75, 3.05) is 19.7 Å². The maximum absolute atomic E-state index is 12.3. The number of nitrogens with zero attached hydrogens (tertiary/aromatic N) is 1. The van der Waals surface area contributed by atoms with Gasteiger partial charge in [-0.3, -0.25) is 4.79 Å². The molecule has 1 heterocycles. The first-order valence-corrected chi connectivity index (χ1v) is 7.62. The summed E-state index contributed by atoms with van der Waals surface area (Å²) in [5.41, 5.74) is 0. The number of rotatable bonds is 3. The predicted molar refractivity (Wildman–Crippen MR) is 84.4 cm³/mol. The molecule has 110 valence electrons. The van der Waals surface area contributed by atoms with Gasteiger partial charge in [0.1, 0.15) is 5.75 Å². The molecule has 1 fully saturated rings. The maximum Gasteiger partial charge on any atom is 0.260 e. The lowest BCUT2D eigenvalue weighted by atomic mass is 10.0. The highest BCUT2D eigenvalue weighted by atomic mass is 16.5. The van der Waals surface area contributed by atoms with Gasteiger partial charge in [-0.15, -0.1) is 0 Å². The van der Waals surface area contributed by atoms with Crippen molar-refractivity contribution in [1.82, 2.24) is 4.90 Å². The molecule has 2 aromatic rings. The molecule has 1 amide bonds. The number of hydrogen-bond donors (Lipinski definition) is 0. The zero-order valence-corrected chi connectivity index (χ0v) is 12.4. The molecule has 1 saturated heterocycles. The van der Waals surface area contributed by atoms with Gasteiger partial charge in [-0.25, -0.2) is 0 Å². The number of fused-ring (bicyclic) bond motifs is 1. The molecule has 0 spiro atoms. The molecule has 1 aliphatic heterocycles. The fraction of sp³-hybridized carbons (Fsp3) is 0.389. The normalized spacial score (nSPS) is 18.7. The van der Waals surface area contributed by atoms with E-state index in [1.165, 1.54) is 6.42 Å². The first-order valence-electron chi connectivity index (χ1n) is 7.62. The van der Waals surface area contributed by atoms with Gasteiger partial charge in [-0.2, -0.15) is 0 Å². The van der Waals surface area contributed by atoms with Crippen LogP contribution in [-0.2, 0) is 4.79 Å². The molecule has 0 bridgehead atoms. The fourth-order valence-corrected chi connectivity index (χ4v) is 2.97. The second kappa shape index (κ2) is 6.17. The Balaban J connectivity index is 1.67. The summed E-state index contributed by atoms with van der Waals surface area (Å²) < 4.78 is 5.78. The van der Waals surface area contributed by atoms with Crippen LogP contribution in [0, 0.1) is 5.92 Å². The van der Waals surface area contributed by atoms with Gasteiger partial charge in [0.15, 0.2) is 6.61 Å². The highest BCUT2D eigenvalue weighted by Crippen LogP contribution is 2.25. The Hall–Kier alpha value is -2.03. The van der Waals surface area contributed by atoms with Crippen LogP contribution in [0.25, 0.3) is 10.8 Å². The molecular formula is C18H21NO2. The Morgan fingerprint density at radius 3 is 2.90 bits per heavy atom. The van der Waals surface area contributed by atoms with E-state index < -0.39 is 0 Å². The molecule has 0 radical (unpaired) electrons. The van der Waals surface area contributed by atoms with Crippen molar-refractivity contribution in [3.63, 3.8) is 0 Å². The number of carbonyl (C=O) groups excluding carboxylic acids is 1. The third-order valence-corrected chi connectivity index (χ3v) is 4.11. The lowest BCUT2D eigenvalue weighted by Gasteiger charge is -2.30. The highest BCUT2D eigenvalue weighted by Gasteiger charge is 2.21. The van der Waals surface area contributed by atoms with Gasteiger partial charge in [0.05, 0.1) is 0 Å². The van der Waals surface area contributed by atoms with E-state index in [0.717, 1.165) is 36.0 Å². The van der Waals surface area contributed by atoms with Gasteiger partial charge in [0.2, 0.25) is 0 Å². The van der Waals surface area contributed by atoms with Crippen molar-refractivity contribution < 1.29 is 9.53 Å². The molecule has 0 saturated carbocycles. The van der Waals surface area contributed by atoms with Crippen molar-refractivity contribution in [3.05, 3.63) is 42.5 Å². The average molecular weight is 283 g/mol. The summed E-state index contributed by atoms with van der Waals surface area (Å²) in [6.07, 6.45) is 2.31. The molecule has 1 aliphatic rings. The van der Waals surface area contributed by atoms with Crippen LogP contribution >= 0.6 is 0 Å². The van der Waals surface area contributed by atoms with E-state index in [0.29, 0.717) is 5.92 Å². The zero-order valence-electron chi connectivity index (χ0n) is 12.4. The van der Waals surface area contributed by atoms with Crippen LogP contribution < -0.4 is 4.74 Å². The number of piperidine rings is 1. The maximum atomic E-state index is 12.3. The Bertz CT molecular complexity index is 633. The first-order chi connectivity index (χ1) is 10.2. The first kappa shape index (κ1) is 13.9. The van der Waals surface area contributed by atoms with Gasteiger partial charge in [0, 0.05) is 18.5 Å². The third kappa shape index (κ3) is 3.18. The SMILES string of the molecule is CC1CCCN(C(=O)COc2cccc3ccccc23)C1. The molecule has 0 aliphatic carbocycles. The number of ether oxygens (including phenoxy) is 1. The Morgan fingerprint density at radius 1 is 1.24 bits per heavy atom. The van der Waals surface area contributed by atoms with Crippen molar-refractivity contribution in [3.8, 4) is 5.75 Å². The zero-order chi connectivity index (χ0) is 14.7. The Morgan fingerprint density at radius 2 is 2.05 bits per heavy atom. The van der Waals surface area contributed by atoms with Crippen LogP contribution in [0.3, 0.4) is 0 Å². The predicted octanol–water partition coefficient (Wildman–Crippen LogP) is 3.48. The number of carbonyl (C=O) groups is 1. The smallest absolute Gasteiger partial charge is 0.260 e. The monoisotopic (exact) mass is 283 g/mol. The second-order valence-electron chi connectivity index (χ2n) is 5.85. The molecule has 1 unspecified atom stereocenters. The topological polar surface area (TPSA) is 29.5 Å². The van der Waals surface area contributed by atoms with E-state index in [9.17, 15) is 4.79 Å². The highest BCUT2D eigenvalue weighted by molar-refractivity contribution is 5.88. The van der Waals surface area contributed by atoms with E-state index in [-0.39, 0.29) is 12.5 Å². The van der Waals surface area contributed by atoms with Gasteiger partial charge >= 0.3 is 0 Å². The van der Waals surface area contributed by atoms with Gasteiger partial charge in [-0.05, 0) is 30.2 Å². The lowest BCUT2D eigenvalue weighted by Crippen LogP contribution is -2.41. The summed E-state index contributed by atoms with van der Waals surface area (Å²) in [6, 6.07) is 14.0. The lowest BCUT2D eigenvalue weighted by molar-refractivity contribution is -0.135. The minimum Gasteiger partial charge on any atom is -0.483 e. The van der Waals surface area contributed by atoms with E-state index in [1.807, 2.05) is 35.2 Å². The molecule has 2 aromatic carbocycles. The van der Waals surface area contributed by atoms with E-state index in [1.54, 1.807) is 0 Å². The second-order valence-corrected chi connectivity index (χ2v) is 5.85. The fourth-order valence-electron chi connectivity index (χ4n) is 2.97. The van der Waals surface area contributed by atoms with Crippen molar-refractivity contribution in [1.29, 1.82) is 0 Å². The quantitative estimate of drug-likeness (QED) is 0.863. The molecule has 3 heteroatoms. The van der Waals surface area contributed by atoms with Crippen molar-refractivity contribution in [2.24, 2.45) is 5.92 Å². The van der Waals surface area contributed by atoms with E-state index in [4.69, 9.17) is 4.74 Å². The van der Waals surface area contributed by atoms with Gasteiger partial charge in [-0.1, -0.05) is 43.3 Å².